The van der Waals surface area contributed by atoms with Gasteiger partial charge in [0, 0.05) is 23.7 Å². The van der Waals surface area contributed by atoms with Crippen LogP contribution in [0.15, 0.2) is 36.4 Å². The molecule has 2 aromatic carbocycles. The van der Waals surface area contributed by atoms with Gasteiger partial charge in [0.15, 0.2) is 11.5 Å². The quantitative estimate of drug-likeness (QED) is 0.705. The van der Waals surface area contributed by atoms with E-state index < -0.39 is 5.82 Å². The molecule has 0 aliphatic heterocycles. The van der Waals surface area contributed by atoms with E-state index in [0.717, 1.165) is 12.0 Å². The monoisotopic (exact) mass is 367 g/mol. The van der Waals surface area contributed by atoms with E-state index in [1.54, 1.807) is 25.3 Å². The first-order valence-electron chi connectivity index (χ1n) is 8.16. The number of halogens is 2. The van der Waals surface area contributed by atoms with Crippen molar-refractivity contribution in [3.05, 3.63) is 58.4 Å². The second kappa shape index (κ2) is 9.61. The van der Waals surface area contributed by atoms with E-state index in [1.165, 1.54) is 6.07 Å². The van der Waals surface area contributed by atoms with Gasteiger partial charge in [-0.15, -0.1) is 0 Å². The van der Waals surface area contributed by atoms with Gasteiger partial charge in [-0.2, -0.15) is 0 Å². The van der Waals surface area contributed by atoms with Crippen LogP contribution in [-0.4, -0.2) is 24.9 Å². The van der Waals surface area contributed by atoms with E-state index in [9.17, 15) is 9.50 Å². The number of hydrogen-bond donors (Lipinski definition) is 2. The molecular weight excluding hydrogens is 345 g/mol. The Hall–Kier alpha value is -1.82. The highest BCUT2D eigenvalue weighted by atomic mass is 35.5. The minimum absolute atomic E-state index is 0.0000586. The molecule has 2 aromatic rings. The zero-order chi connectivity index (χ0) is 18.2. The minimum atomic E-state index is -0.409. The lowest BCUT2D eigenvalue weighted by molar-refractivity contribution is 0.236. The molecule has 0 radical (unpaired) electrons. The minimum Gasteiger partial charge on any atom is -0.493 e. The summed E-state index contributed by atoms with van der Waals surface area (Å²) in [6.45, 7) is 2.55. The van der Waals surface area contributed by atoms with Crippen LogP contribution in [0, 0.1) is 5.82 Å². The van der Waals surface area contributed by atoms with Crippen LogP contribution in [0.1, 0.15) is 24.5 Å². The third kappa shape index (κ3) is 5.08. The summed E-state index contributed by atoms with van der Waals surface area (Å²) in [5.74, 6) is 0.682. The summed E-state index contributed by atoms with van der Waals surface area (Å²) in [4.78, 5) is 0. The Morgan fingerprint density at radius 1 is 1.24 bits per heavy atom. The highest BCUT2D eigenvalue weighted by molar-refractivity contribution is 6.31. The van der Waals surface area contributed by atoms with Gasteiger partial charge in [-0.1, -0.05) is 36.7 Å². The van der Waals surface area contributed by atoms with Crippen LogP contribution in [0.2, 0.25) is 5.02 Å². The van der Waals surface area contributed by atoms with Crippen molar-refractivity contribution in [2.75, 3.05) is 13.7 Å². The predicted octanol–water partition coefficient (Wildman–Crippen LogP) is 3.93. The second-order valence-corrected chi connectivity index (χ2v) is 6.01. The van der Waals surface area contributed by atoms with Gasteiger partial charge in [-0.25, -0.2) is 4.39 Å². The number of rotatable bonds is 9. The largest absolute Gasteiger partial charge is 0.493 e. The lowest BCUT2D eigenvalue weighted by atomic mass is 10.1. The Morgan fingerprint density at radius 2 is 2.00 bits per heavy atom. The van der Waals surface area contributed by atoms with Crippen LogP contribution in [0.3, 0.4) is 0 Å². The molecule has 0 aliphatic carbocycles. The van der Waals surface area contributed by atoms with Crippen LogP contribution in [0.4, 0.5) is 4.39 Å². The molecule has 6 heteroatoms. The van der Waals surface area contributed by atoms with Crippen LogP contribution >= 0.6 is 11.6 Å². The Balaban J connectivity index is 2.20. The molecule has 2 rings (SSSR count). The highest BCUT2D eigenvalue weighted by Gasteiger charge is 2.14. The highest BCUT2D eigenvalue weighted by Crippen LogP contribution is 2.33. The van der Waals surface area contributed by atoms with Crippen molar-refractivity contribution in [3.63, 3.8) is 0 Å². The van der Waals surface area contributed by atoms with Gasteiger partial charge in [0.05, 0.1) is 18.7 Å². The maximum atomic E-state index is 13.9. The summed E-state index contributed by atoms with van der Waals surface area (Å²) < 4.78 is 25.2. The van der Waals surface area contributed by atoms with E-state index in [-0.39, 0.29) is 19.3 Å². The van der Waals surface area contributed by atoms with Gasteiger partial charge in [-0.3, -0.25) is 0 Å². The Kier molecular flexibility index (Phi) is 7.50. The van der Waals surface area contributed by atoms with Gasteiger partial charge in [0.2, 0.25) is 0 Å². The molecule has 0 unspecified atom stereocenters. The summed E-state index contributed by atoms with van der Waals surface area (Å²) >= 11 is 6.06. The number of aliphatic hydroxyl groups excluding tert-OH is 1. The lowest BCUT2D eigenvalue weighted by Crippen LogP contribution is -2.31. The second-order valence-electron chi connectivity index (χ2n) is 5.61. The molecule has 0 fully saturated rings. The molecular formula is C19H23ClFNO3. The molecule has 4 nitrogen and oxygen atoms in total. The third-order valence-corrected chi connectivity index (χ3v) is 4.35. The lowest BCUT2D eigenvalue weighted by Gasteiger charge is -2.18. The number of nitrogens with one attached hydrogen (secondary N) is 1. The molecule has 0 saturated carbocycles. The molecule has 0 aliphatic rings. The van der Waals surface area contributed by atoms with Gasteiger partial charge in [0.1, 0.15) is 12.4 Å². The Morgan fingerprint density at radius 3 is 2.64 bits per heavy atom. The van der Waals surface area contributed by atoms with Crippen molar-refractivity contribution in [1.82, 2.24) is 5.32 Å². The van der Waals surface area contributed by atoms with Crippen molar-refractivity contribution < 1.29 is 19.0 Å². The fourth-order valence-electron chi connectivity index (χ4n) is 2.43. The van der Waals surface area contributed by atoms with Crippen LogP contribution in [0.5, 0.6) is 11.5 Å². The molecule has 136 valence electrons. The van der Waals surface area contributed by atoms with E-state index in [4.69, 9.17) is 21.1 Å². The van der Waals surface area contributed by atoms with Crippen molar-refractivity contribution in [3.8, 4) is 11.5 Å². The molecule has 0 bridgehead atoms. The Bertz CT molecular complexity index is 672. The zero-order valence-electron chi connectivity index (χ0n) is 14.4. The van der Waals surface area contributed by atoms with Gasteiger partial charge in [-0.05, 0) is 24.6 Å². The van der Waals surface area contributed by atoms with Gasteiger partial charge in [0.25, 0.3) is 0 Å². The van der Waals surface area contributed by atoms with Crippen molar-refractivity contribution in [2.45, 2.75) is 32.5 Å². The molecule has 25 heavy (non-hydrogen) atoms. The third-order valence-electron chi connectivity index (χ3n) is 4.00. The molecule has 0 spiro atoms. The average molecular weight is 368 g/mol. The SMILES string of the molecule is CC[C@@H](CO)NCc1cccc(OC)c1OCc1c(F)cccc1Cl. The smallest absolute Gasteiger partial charge is 0.166 e. The predicted molar refractivity (Wildman–Crippen MR) is 96.7 cm³/mol. The first kappa shape index (κ1) is 19.5. The number of benzene rings is 2. The molecule has 0 amide bonds. The van der Waals surface area contributed by atoms with Gasteiger partial charge < -0.3 is 19.9 Å². The normalized spacial score (nSPS) is 12.0. The first-order valence-corrected chi connectivity index (χ1v) is 8.54. The summed E-state index contributed by atoms with van der Waals surface area (Å²) in [6.07, 6.45) is 0.807. The van der Waals surface area contributed by atoms with Crippen molar-refractivity contribution in [2.24, 2.45) is 0 Å². The summed E-state index contributed by atoms with van der Waals surface area (Å²) in [7, 11) is 1.55. The standard InChI is InChI=1S/C19H23ClFNO3/c1-3-14(11-23)22-10-13-6-4-9-18(24-2)19(13)25-12-15-16(20)7-5-8-17(15)21/h4-9,14,22-23H,3,10-12H2,1-2H3/t14-/m0/s1. The molecule has 2 N–H and O–H groups in total. The van der Waals surface area contributed by atoms with Crippen LogP contribution in [-0.2, 0) is 13.2 Å². The molecule has 1 atom stereocenters. The summed E-state index contributed by atoms with van der Waals surface area (Å²) in [5.41, 5.74) is 1.16. The number of methoxy groups -OCH3 is 1. The number of para-hydroxylation sites is 1. The summed E-state index contributed by atoms with van der Waals surface area (Å²) in [5, 5.41) is 12.9. The van der Waals surface area contributed by atoms with Crippen molar-refractivity contribution in [1.29, 1.82) is 0 Å². The maximum Gasteiger partial charge on any atom is 0.166 e. The Labute approximate surface area is 152 Å². The topological polar surface area (TPSA) is 50.7 Å². The average Bonchev–Trinajstić information content (AvgIpc) is 2.62. The summed E-state index contributed by atoms with van der Waals surface area (Å²) in [6, 6.07) is 10.1. The van der Waals surface area contributed by atoms with E-state index in [2.05, 4.69) is 5.32 Å². The first-order chi connectivity index (χ1) is 12.1. The molecule has 0 aromatic heterocycles. The number of hydrogen-bond acceptors (Lipinski definition) is 4. The number of ether oxygens (including phenoxy) is 2. The van der Waals surface area contributed by atoms with Crippen molar-refractivity contribution >= 4 is 11.6 Å². The van der Waals surface area contributed by atoms with E-state index >= 15 is 0 Å². The molecule has 0 saturated heterocycles. The van der Waals surface area contributed by atoms with Crippen LogP contribution in [0.25, 0.3) is 0 Å². The number of aliphatic hydroxyl groups is 1. The van der Waals surface area contributed by atoms with Gasteiger partial charge >= 0.3 is 0 Å². The maximum absolute atomic E-state index is 13.9. The van der Waals surface area contributed by atoms with E-state index in [1.807, 2.05) is 19.1 Å². The van der Waals surface area contributed by atoms with Crippen LogP contribution < -0.4 is 14.8 Å². The molecule has 0 heterocycles. The van der Waals surface area contributed by atoms with E-state index in [0.29, 0.717) is 28.6 Å². The fourth-order valence-corrected chi connectivity index (χ4v) is 2.65. The fraction of sp³-hybridized carbons (Fsp3) is 0.368. The zero-order valence-corrected chi connectivity index (χ0v) is 15.1.